The standard InChI is InChI=1S/C26H42FN2O17P/c1-24(46-26(34)8-5-6-9-26,29-10-7-20(30)28-21(29)31)15-25(16-27,38-4)17-43-47(35,44-18-41-22(32)39-13-11-36-2)45-19-42-23(33)40-14-12-37-3/h7,10,34H,5-6,8-9,11-19H2,1-4H3,(H,28,30,31)/t24-,25-/m1/s1. The van der Waals surface area contributed by atoms with Gasteiger partial charge in [-0.3, -0.25) is 18.9 Å². The van der Waals surface area contributed by atoms with Gasteiger partial charge in [-0.2, -0.15) is 0 Å². The molecule has 0 bridgehead atoms. The first kappa shape index (κ1) is 40.2. The number of aliphatic hydroxyl groups is 1. The van der Waals surface area contributed by atoms with Gasteiger partial charge < -0.3 is 43.0 Å². The molecular weight excluding hydrogens is 662 g/mol. The Hall–Kier alpha value is -2.94. The summed E-state index contributed by atoms with van der Waals surface area (Å²) in [4.78, 5) is 50.2. The predicted octanol–water partition coefficient (Wildman–Crippen LogP) is 1.91. The van der Waals surface area contributed by atoms with Crippen molar-refractivity contribution in [1.82, 2.24) is 9.55 Å². The Morgan fingerprint density at radius 2 is 1.51 bits per heavy atom. The number of phosphoric ester groups is 1. The van der Waals surface area contributed by atoms with Crippen LogP contribution in [0.5, 0.6) is 0 Å². The maximum Gasteiger partial charge on any atom is 0.510 e. The van der Waals surface area contributed by atoms with Crippen LogP contribution in [0.2, 0.25) is 0 Å². The molecule has 0 aliphatic heterocycles. The molecule has 0 amide bonds. The number of nitrogens with zero attached hydrogens (tertiary/aromatic N) is 1. The lowest BCUT2D eigenvalue weighted by molar-refractivity contribution is -0.300. The van der Waals surface area contributed by atoms with Crippen LogP contribution in [0.4, 0.5) is 14.0 Å². The molecule has 1 heterocycles. The van der Waals surface area contributed by atoms with E-state index in [1.54, 1.807) is 0 Å². The summed E-state index contributed by atoms with van der Waals surface area (Å²) in [7, 11) is -1.04. The van der Waals surface area contributed by atoms with Crippen molar-refractivity contribution in [3.8, 4) is 0 Å². The molecule has 1 aromatic rings. The Kier molecular flexibility index (Phi) is 16.4. The van der Waals surface area contributed by atoms with E-state index in [-0.39, 0.29) is 39.3 Å². The molecule has 1 fully saturated rings. The van der Waals surface area contributed by atoms with Crippen molar-refractivity contribution in [3.63, 3.8) is 0 Å². The lowest BCUT2D eigenvalue weighted by atomic mass is 9.93. The number of rotatable bonds is 22. The number of halogens is 1. The normalized spacial score (nSPS) is 17.0. The van der Waals surface area contributed by atoms with E-state index in [4.69, 9.17) is 42.0 Å². The van der Waals surface area contributed by atoms with Crippen molar-refractivity contribution in [2.75, 3.05) is 74.6 Å². The molecule has 2 N–H and O–H groups in total. The van der Waals surface area contributed by atoms with Crippen LogP contribution in [-0.4, -0.2) is 113 Å². The summed E-state index contributed by atoms with van der Waals surface area (Å²) < 4.78 is 84.4. The molecule has 0 radical (unpaired) electrons. The summed E-state index contributed by atoms with van der Waals surface area (Å²) in [5.74, 6) is -1.72. The van der Waals surface area contributed by atoms with E-state index in [2.05, 4.69) is 14.5 Å². The van der Waals surface area contributed by atoms with Gasteiger partial charge >= 0.3 is 25.8 Å². The molecule has 47 heavy (non-hydrogen) atoms. The largest absolute Gasteiger partial charge is 0.510 e. The number of hydrogen-bond donors (Lipinski definition) is 2. The van der Waals surface area contributed by atoms with E-state index in [9.17, 15) is 33.2 Å². The van der Waals surface area contributed by atoms with Crippen molar-refractivity contribution in [2.45, 2.75) is 56.1 Å². The summed E-state index contributed by atoms with van der Waals surface area (Å²) >= 11 is 0. The van der Waals surface area contributed by atoms with Gasteiger partial charge in [-0.1, -0.05) is 0 Å². The fourth-order valence-electron chi connectivity index (χ4n) is 4.41. The van der Waals surface area contributed by atoms with E-state index in [1.165, 1.54) is 21.1 Å². The van der Waals surface area contributed by atoms with Crippen LogP contribution < -0.4 is 11.2 Å². The van der Waals surface area contributed by atoms with E-state index in [0.717, 1.165) is 23.9 Å². The topological polar surface area (TPSA) is 228 Å². The minimum absolute atomic E-state index is 0.0616. The Morgan fingerprint density at radius 3 is 1.98 bits per heavy atom. The van der Waals surface area contributed by atoms with Gasteiger partial charge in [0.05, 0.1) is 19.8 Å². The fourth-order valence-corrected chi connectivity index (χ4v) is 5.39. The monoisotopic (exact) mass is 704 g/mol. The van der Waals surface area contributed by atoms with Gasteiger partial charge in [0.15, 0.2) is 11.5 Å². The Balaban J connectivity index is 2.29. The van der Waals surface area contributed by atoms with Crippen LogP contribution in [0.3, 0.4) is 0 Å². The van der Waals surface area contributed by atoms with Crippen LogP contribution in [0.15, 0.2) is 21.9 Å². The molecule has 0 aromatic carbocycles. The first-order chi connectivity index (χ1) is 22.3. The van der Waals surface area contributed by atoms with Crippen molar-refractivity contribution in [1.29, 1.82) is 0 Å². The lowest BCUT2D eigenvalue weighted by Gasteiger charge is -2.43. The van der Waals surface area contributed by atoms with Crippen molar-refractivity contribution in [2.24, 2.45) is 0 Å². The highest BCUT2D eigenvalue weighted by Crippen LogP contribution is 2.51. The zero-order valence-corrected chi connectivity index (χ0v) is 27.5. The highest BCUT2D eigenvalue weighted by Gasteiger charge is 2.49. The van der Waals surface area contributed by atoms with Crippen LogP contribution in [0.25, 0.3) is 0 Å². The third kappa shape index (κ3) is 13.2. The lowest BCUT2D eigenvalue weighted by Crippen LogP contribution is -2.55. The molecular formula is C26H42FN2O17P. The Bertz CT molecular complexity index is 1250. The molecule has 2 rings (SSSR count). The minimum atomic E-state index is -4.88. The summed E-state index contributed by atoms with van der Waals surface area (Å²) in [6, 6.07) is 1.03. The third-order valence-corrected chi connectivity index (χ3v) is 8.02. The number of methoxy groups -OCH3 is 3. The molecule has 0 saturated heterocycles. The molecule has 1 aliphatic rings. The van der Waals surface area contributed by atoms with Crippen LogP contribution >= 0.6 is 7.82 Å². The number of phosphoric acid groups is 1. The third-order valence-electron chi connectivity index (χ3n) is 6.73. The number of hydrogen-bond acceptors (Lipinski definition) is 17. The van der Waals surface area contributed by atoms with Crippen molar-refractivity contribution < 1.29 is 75.1 Å². The summed E-state index contributed by atoms with van der Waals surface area (Å²) in [5.41, 5.74) is -5.62. The van der Waals surface area contributed by atoms with E-state index >= 15 is 0 Å². The molecule has 1 saturated carbocycles. The maximum atomic E-state index is 14.9. The number of H-pyrrole nitrogens is 1. The number of carbonyl (C=O) groups is 2. The Morgan fingerprint density at radius 1 is 0.957 bits per heavy atom. The second kappa shape index (κ2) is 19.2. The van der Waals surface area contributed by atoms with Gasteiger partial charge in [0.25, 0.3) is 5.56 Å². The second-order valence-corrected chi connectivity index (χ2v) is 12.0. The number of aromatic nitrogens is 2. The molecule has 270 valence electrons. The summed E-state index contributed by atoms with van der Waals surface area (Å²) in [6.07, 6.45) is -0.325. The highest BCUT2D eigenvalue weighted by atomic mass is 31.2. The SMILES string of the molecule is COCCOC(=O)OCOP(=O)(OCOC(=O)OCCOC)OC[C@](CF)(C[C@@](C)(OC1(O)CCCC1)n1ccc(=O)[nH]c1=O)OC. The maximum absolute atomic E-state index is 14.9. The number of nitrogens with one attached hydrogen (secondary N) is 1. The van der Waals surface area contributed by atoms with Gasteiger partial charge in [0, 0.05) is 52.9 Å². The van der Waals surface area contributed by atoms with Crippen LogP contribution in [0, 0.1) is 0 Å². The molecule has 0 unspecified atom stereocenters. The molecule has 2 atom stereocenters. The molecule has 0 spiro atoms. The van der Waals surface area contributed by atoms with E-state index in [1.807, 2.05) is 0 Å². The average molecular weight is 705 g/mol. The number of ether oxygens (including phenoxy) is 8. The van der Waals surface area contributed by atoms with Gasteiger partial charge in [-0.25, -0.2) is 32.4 Å². The zero-order chi connectivity index (χ0) is 35.0. The predicted molar refractivity (Wildman–Crippen MR) is 154 cm³/mol. The molecule has 1 aliphatic carbocycles. The Labute approximate surface area is 269 Å². The van der Waals surface area contributed by atoms with Crippen LogP contribution in [-0.2, 0) is 61.8 Å². The van der Waals surface area contributed by atoms with Gasteiger partial charge in [0.2, 0.25) is 13.6 Å². The van der Waals surface area contributed by atoms with Crippen molar-refractivity contribution >= 4 is 20.1 Å². The average Bonchev–Trinajstić information content (AvgIpc) is 3.44. The first-order valence-corrected chi connectivity index (χ1v) is 15.7. The minimum Gasteiger partial charge on any atom is -0.432 e. The zero-order valence-electron chi connectivity index (χ0n) is 26.6. The number of aromatic amines is 1. The first-order valence-electron chi connectivity index (χ1n) is 14.2. The number of alkyl halides is 1. The van der Waals surface area contributed by atoms with Gasteiger partial charge in [-0.15, -0.1) is 0 Å². The molecule has 1 aromatic heterocycles. The van der Waals surface area contributed by atoms with E-state index in [0.29, 0.717) is 12.8 Å². The highest BCUT2D eigenvalue weighted by molar-refractivity contribution is 7.48. The molecule has 21 heteroatoms. The number of carbonyl (C=O) groups excluding carboxylic acids is 2. The van der Waals surface area contributed by atoms with Gasteiger partial charge in [-0.05, 0) is 19.8 Å². The fraction of sp³-hybridized carbons (Fsp3) is 0.769. The summed E-state index contributed by atoms with van der Waals surface area (Å²) in [5, 5.41) is 11.1. The second-order valence-electron chi connectivity index (χ2n) is 10.3. The van der Waals surface area contributed by atoms with Crippen molar-refractivity contribution in [3.05, 3.63) is 33.1 Å². The molecule has 19 nitrogen and oxygen atoms in total. The van der Waals surface area contributed by atoms with E-state index < -0.39 is 81.8 Å². The smallest absolute Gasteiger partial charge is 0.432 e. The van der Waals surface area contributed by atoms with Crippen LogP contribution in [0.1, 0.15) is 39.0 Å². The quantitative estimate of drug-likeness (QED) is 0.0760. The summed E-state index contributed by atoms with van der Waals surface area (Å²) in [6.45, 7) is -3.24. The van der Waals surface area contributed by atoms with Gasteiger partial charge in [0.1, 0.15) is 25.5 Å².